The molecule has 0 amide bonds. The van der Waals surface area contributed by atoms with Crippen LogP contribution in [0.25, 0.3) is 11.4 Å². The van der Waals surface area contributed by atoms with Crippen molar-refractivity contribution in [1.82, 2.24) is 14.9 Å². The molecule has 128 valence electrons. The van der Waals surface area contributed by atoms with Gasteiger partial charge in [0.25, 0.3) is 0 Å². The molecule has 2 heterocycles. The number of methoxy groups -OCH3 is 1. The van der Waals surface area contributed by atoms with Crippen LogP contribution in [0.5, 0.6) is 5.75 Å². The smallest absolute Gasteiger partial charge is 0.212 e. The summed E-state index contributed by atoms with van der Waals surface area (Å²) in [6.07, 6.45) is 0. The van der Waals surface area contributed by atoms with Gasteiger partial charge >= 0.3 is 0 Å². The van der Waals surface area contributed by atoms with Crippen molar-refractivity contribution in [2.45, 2.75) is 10.5 Å². The first-order valence-electron chi connectivity index (χ1n) is 7.52. The largest absolute Gasteiger partial charge is 0.595 e. The summed E-state index contributed by atoms with van der Waals surface area (Å²) in [7, 11) is 1.64. The molecule has 2 atom stereocenters. The van der Waals surface area contributed by atoms with Crippen molar-refractivity contribution < 1.29 is 15.2 Å². The molecule has 1 aromatic heterocycles. The Morgan fingerprint density at radius 3 is 2.52 bits per heavy atom. The van der Waals surface area contributed by atoms with E-state index in [-0.39, 0.29) is 11.1 Å². The molecule has 0 fully saturated rings. The summed E-state index contributed by atoms with van der Waals surface area (Å²) >= 11 is 1.57. The van der Waals surface area contributed by atoms with E-state index in [1.54, 1.807) is 43.1 Å². The van der Waals surface area contributed by atoms with E-state index in [0.717, 1.165) is 22.0 Å². The molecule has 0 saturated carbocycles. The third-order valence-electron chi connectivity index (χ3n) is 3.91. The van der Waals surface area contributed by atoms with Gasteiger partial charge in [0.2, 0.25) is 5.16 Å². The molecule has 1 unspecified atom stereocenters. The average Bonchev–Trinajstić information content (AvgIpc) is 3.22. The fourth-order valence-corrected chi connectivity index (χ4v) is 3.58. The number of nitrogens with one attached hydrogen (secondary N) is 2. The van der Waals surface area contributed by atoms with Crippen LogP contribution < -0.4 is 15.4 Å². The molecular weight excluding hydrogens is 342 g/mol. The van der Waals surface area contributed by atoms with Gasteiger partial charge in [-0.15, -0.1) is 10.2 Å². The zero-order chi connectivity index (χ0) is 17.4. The van der Waals surface area contributed by atoms with Crippen molar-refractivity contribution in [3.63, 3.8) is 0 Å². The zero-order valence-corrected chi connectivity index (χ0v) is 14.0. The van der Waals surface area contributed by atoms with Gasteiger partial charge in [-0.05, 0) is 29.8 Å². The van der Waals surface area contributed by atoms with Gasteiger partial charge in [-0.2, -0.15) is 5.23 Å². The third kappa shape index (κ3) is 2.94. The fraction of sp³-hybridized carbons (Fsp3) is 0.125. The van der Waals surface area contributed by atoms with E-state index >= 15 is 0 Å². The zero-order valence-electron chi connectivity index (χ0n) is 13.2. The predicted octanol–water partition coefficient (Wildman–Crippen LogP) is 1.71. The van der Waals surface area contributed by atoms with Crippen LogP contribution in [-0.4, -0.2) is 27.2 Å². The van der Waals surface area contributed by atoms with Gasteiger partial charge in [-0.3, -0.25) is 0 Å². The van der Waals surface area contributed by atoms with Crippen LogP contribution >= 0.6 is 11.8 Å². The van der Waals surface area contributed by atoms with Crippen LogP contribution in [0, 0.1) is 5.21 Å². The lowest BCUT2D eigenvalue weighted by Gasteiger charge is -2.13. The molecule has 1 aliphatic rings. The topological polar surface area (TPSA) is 99.7 Å². The monoisotopic (exact) mass is 357 g/mol. The first kappa shape index (κ1) is 15.9. The number of nitrogens with zero attached hydrogens (tertiary/aromatic N) is 3. The molecule has 0 saturated heterocycles. The second kappa shape index (κ2) is 6.37. The van der Waals surface area contributed by atoms with Crippen LogP contribution in [0.15, 0.2) is 53.7 Å². The van der Waals surface area contributed by atoms with Gasteiger partial charge in [-0.25, -0.2) is 9.88 Å². The Bertz CT molecular complexity index is 880. The van der Waals surface area contributed by atoms with E-state index in [2.05, 4.69) is 15.6 Å². The molecule has 0 aliphatic carbocycles. The maximum Gasteiger partial charge on any atom is 0.212 e. The Balaban J connectivity index is 1.58. The maximum absolute atomic E-state index is 11.0. The summed E-state index contributed by atoms with van der Waals surface area (Å²) in [6, 6.07) is 14.4. The first-order valence-corrected chi connectivity index (χ1v) is 8.40. The van der Waals surface area contributed by atoms with Crippen LogP contribution in [0.4, 0.5) is 5.69 Å². The molecule has 3 aromatic rings. The van der Waals surface area contributed by atoms with Crippen LogP contribution in [0.1, 0.15) is 10.9 Å². The lowest BCUT2D eigenvalue weighted by atomic mass is 10.2. The molecule has 8 nitrogen and oxygen atoms in total. The molecule has 1 aliphatic heterocycles. The second-order valence-electron chi connectivity index (χ2n) is 5.42. The normalized spacial score (nSPS) is 17.0. The number of benzene rings is 2. The van der Waals surface area contributed by atoms with Crippen molar-refractivity contribution in [2.75, 3.05) is 12.5 Å². The molecule has 2 aromatic carbocycles. The number of quaternary nitrogens is 1. The van der Waals surface area contributed by atoms with Gasteiger partial charge in [-0.1, -0.05) is 23.9 Å². The minimum atomic E-state index is -0.953. The van der Waals surface area contributed by atoms with Crippen molar-refractivity contribution in [1.29, 1.82) is 0 Å². The van der Waals surface area contributed by atoms with Crippen molar-refractivity contribution in [3.05, 3.63) is 59.3 Å². The molecule has 9 heteroatoms. The highest BCUT2D eigenvalue weighted by Crippen LogP contribution is 2.40. The molecule has 0 bridgehead atoms. The van der Waals surface area contributed by atoms with E-state index in [1.165, 1.54) is 0 Å². The second-order valence-corrected chi connectivity index (χ2v) is 6.50. The summed E-state index contributed by atoms with van der Waals surface area (Å²) in [5, 5.41) is 28.2. The van der Waals surface area contributed by atoms with E-state index in [9.17, 15) is 5.21 Å². The molecule has 4 rings (SSSR count). The van der Waals surface area contributed by atoms with Gasteiger partial charge in [0.05, 0.1) is 7.11 Å². The van der Waals surface area contributed by atoms with Crippen LogP contribution in [0.2, 0.25) is 0 Å². The molecule has 25 heavy (non-hydrogen) atoms. The summed E-state index contributed by atoms with van der Waals surface area (Å²) in [6.45, 7) is 0. The van der Waals surface area contributed by atoms with E-state index in [1.807, 2.05) is 28.9 Å². The summed E-state index contributed by atoms with van der Waals surface area (Å²) < 4.78 is 7.01. The predicted molar refractivity (Wildman–Crippen MR) is 92.2 cm³/mol. The maximum atomic E-state index is 11.0. The van der Waals surface area contributed by atoms with Crippen molar-refractivity contribution in [2.24, 2.45) is 0 Å². The minimum Gasteiger partial charge on any atom is -0.595 e. The first-order chi connectivity index (χ1) is 12.2. The van der Waals surface area contributed by atoms with E-state index in [4.69, 9.17) is 9.94 Å². The van der Waals surface area contributed by atoms with E-state index in [0.29, 0.717) is 5.82 Å². The average molecular weight is 357 g/mol. The highest BCUT2D eigenvalue weighted by Gasteiger charge is 2.28. The molecular formula is C16H15N5O3S. The van der Waals surface area contributed by atoms with Gasteiger partial charge < -0.3 is 15.4 Å². The lowest BCUT2D eigenvalue weighted by molar-refractivity contribution is -0.991. The Morgan fingerprint density at radius 1 is 1.16 bits per heavy atom. The summed E-state index contributed by atoms with van der Waals surface area (Å²) in [5.41, 5.74) is 5.51. The number of thioether (sulfide) groups is 1. The Hall–Kier alpha value is -2.59. The fourth-order valence-electron chi connectivity index (χ4n) is 2.58. The number of fused-ring (bicyclic) bond motifs is 1. The van der Waals surface area contributed by atoms with Gasteiger partial charge in [0.1, 0.15) is 11.1 Å². The standard InChI is InChI=1S/C16H15N5O3S/c1-24-13-8-4-11(5-9-13)15-19-20-14(17-18-16(20)25-15)10-2-6-12(7-3-10)21(22)23/h2-9,15,19,21-22H,1H3/t15-/m0/s1. The number of aromatic nitrogens is 3. The Morgan fingerprint density at radius 2 is 1.88 bits per heavy atom. The summed E-state index contributed by atoms with van der Waals surface area (Å²) in [4.78, 5) is 0. The number of hydrogen-bond acceptors (Lipinski definition) is 7. The van der Waals surface area contributed by atoms with Crippen LogP contribution in [-0.2, 0) is 0 Å². The molecule has 0 radical (unpaired) electrons. The molecule has 3 N–H and O–H groups in total. The van der Waals surface area contributed by atoms with Crippen molar-refractivity contribution in [3.8, 4) is 17.1 Å². The highest BCUT2D eigenvalue weighted by molar-refractivity contribution is 7.99. The van der Waals surface area contributed by atoms with Crippen molar-refractivity contribution >= 4 is 17.4 Å². The lowest BCUT2D eigenvalue weighted by Crippen LogP contribution is -2.99. The number of rotatable bonds is 4. The third-order valence-corrected chi connectivity index (χ3v) is 5.00. The van der Waals surface area contributed by atoms with Crippen LogP contribution in [0.3, 0.4) is 0 Å². The van der Waals surface area contributed by atoms with Gasteiger partial charge in [0.15, 0.2) is 11.5 Å². The quantitative estimate of drug-likeness (QED) is 0.611. The number of ether oxygens (including phenoxy) is 1. The number of hydrogen-bond donors (Lipinski definition) is 3. The Kier molecular flexibility index (Phi) is 4.06. The molecule has 0 spiro atoms. The minimum absolute atomic E-state index is 0.0217. The highest BCUT2D eigenvalue weighted by atomic mass is 32.2. The SMILES string of the molecule is COc1ccc([C@H]2Nn3c(nnc3-c3ccc([NH+]([O-])O)cc3)S2)cc1. The summed E-state index contributed by atoms with van der Waals surface area (Å²) in [5.74, 6) is 1.46. The van der Waals surface area contributed by atoms with E-state index < -0.39 is 5.23 Å². The Labute approximate surface area is 147 Å². The van der Waals surface area contributed by atoms with Gasteiger partial charge in [0, 0.05) is 17.7 Å².